The minimum Gasteiger partial charge on any atom is -0.399 e. The van der Waals surface area contributed by atoms with Crippen LogP contribution in [0.2, 0.25) is 0 Å². The van der Waals surface area contributed by atoms with Gasteiger partial charge in [0.25, 0.3) is 0 Å². The first-order valence-electron chi connectivity index (χ1n) is 7.16. The molecule has 110 valence electrons. The lowest BCUT2D eigenvalue weighted by Crippen LogP contribution is -2.47. The first-order valence-corrected chi connectivity index (χ1v) is 8.65. The van der Waals surface area contributed by atoms with Crippen LogP contribution in [0.4, 0.5) is 5.69 Å². The van der Waals surface area contributed by atoms with Crippen molar-refractivity contribution in [3.05, 3.63) is 24.3 Å². The van der Waals surface area contributed by atoms with E-state index in [4.69, 9.17) is 5.73 Å². The molecule has 1 aromatic carbocycles. The molecule has 0 amide bonds. The summed E-state index contributed by atoms with van der Waals surface area (Å²) in [5, 5.41) is 0. The Bertz CT molecular complexity index is 571. The van der Waals surface area contributed by atoms with E-state index in [0.29, 0.717) is 16.6 Å². The van der Waals surface area contributed by atoms with Crippen molar-refractivity contribution in [1.29, 1.82) is 0 Å². The predicted octanol–water partition coefficient (Wildman–Crippen LogP) is 1.17. The van der Waals surface area contributed by atoms with E-state index < -0.39 is 10.0 Å². The van der Waals surface area contributed by atoms with E-state index in [1.165, 1.54) is 19.4 Å². The highest BCUT2D eigenvalue weighted by Crippen LogP contribution is 2.27. The van der Waals surface area contributed by atoms with Crippen molar-refractivity contribution in [2.24, 2.45) is 0 Å². The second-order valence-corrected chi connectivity index (χ2v) is 7.46. The molecule has 2 unspecified atom stereocenters. The van der Waals surface area contributed by atoms with Crippen LogP contribution in [-0.4, -0.2) is 38.5 Å². The van der Waals surface area contributed by atoms with Gasteiger partial charge >= 0.3 is 0 Å². The van der Waals surface area contributed by atoms with E-state index >= 15 is 0 Å². The van der Waals surface area contributed by atoms with Gasteiger partial charge in [-0.1, -0.05) is 0 Å². The molecule has 6 heteroatoms. The van der Waals surface area contributed by atoms with Crippen molar-refractivity contribution in [3.63, 3.8) is 0 Å². The number of sulfonamides is 1. The molecular weight excluding hydrogens is 274 g/mol. The fourth-order valence-corrected chi connectivity index (χ4v) is 4.55. The number of nitrogen functional groups attached to an aromatic ring is 1. The van der Waals surface area contributed by atoms with Gasteiger partial charge in [-0.25, -0.2) is 13.1 Å². The van der Waals surface area contributed by atoms with Gasteiger partial charge in [0.1, 0.15) is 0 Å². The highest BCUT2D eigenvalue weighted by molar-refractivity contribution is 7.89. The number of nitrogens with two attached hydrogens (primary N) is 1. The number of hydrogen-bond donors (Lipinski definition) is 2. The van der Waals surface area contributed by atoms with Crippen LogP contribution in [0.1, 0.15) is 25.7 Å². The Labute approximate surface area is 120 Å². The van der Waals surface area contributed by atoms with Crippen LogP contribution in [0.5, 0.6) is 0 Å². The predicted molar refractivity (Wildman–Crippen MR) is 78.8 cm³/mol. The maximum atomic E-state index is 12.3. The molecule has 20 heavy (non-hydrogen) atoms. The van der Waals surface area contributed by atoms with Gasteiger partial charge < -0.3 is 10.6 Å². The lowest BCUT2D eigenvalue weighted by atomic mass is 9.99. The molecule has 0 saturated carbocycles. The van der Waals surface area contributed by atoms with Crippen LogP contribution in [0.15, 0.2) is 29.2 Å². The molecule has 3 rings (SSSR count). The maximum Gasteiger partial charge on any atom is 0.240 e. The summed E-state index contributed by atoms with van der Waals surface area (Å²) in [5.74, 6) is 0. The van der Waals surface area contributed by atoms with Crippen molar-refractivity contribution in [2.75, 3.05) is 18.8 Å². The highest BCUT2D eigenvalue weighted by Gasteiger charge is 2.33. The molecule has 2 fully saturated rings. The van der Waals surface area contributed by atoms with E-state index in [0.717, 1.165) is 19.4 Å². The molecule has 2 saturated heterocycles. The Morgan fingerprint density at radius 3 is 2.65 bits per heavy atom. The molecule has 0 radical (unpaired) electrons. The Kier molecular flexibility index (Phi) is 3.70. The third kappa shape index (κ3) is 2.82. The van der Waals surface area contributed by atoms with Gasteiger partial charge in [-0.15, -0.1) is 0 Å². The standard InChI is InChI=1S/C14H21N3O2S/c15-11-3-5-14(6-4-11)20(18,19)16-12-7-9-17-8-1-2-13(17)10-12/h3-6,12-13,16H,1-2,7-10,15H2. The molecule has 3 N–H and O–H groups in total. The van der Waals surface area contributed by atoms with Gasteiger partial charge in [-0.05, 0) is 63.0 Å². The quantitative estimate of drug-likeness (QED) is 0.821. The van der Waals surface area contributed by atoms with Crippen molar-refractivity contribution >= 4 is 15.7 Å². The molecule has 2 aliphatic heterocycles. The normalized spacial score (nSPS) is 27.4. The Morgan fingerprint density at radius 2 is 1.90 bits per heavy atom. The van der Waals surface area contributed by atoms with Gasteiger partial charge in [-0.3, -0.25) is 0 Å². The molecule has 5 nitrogen and oxygen atoms in total. The molecule has 2 atom stereocenters. The molecule has 2 heterocycles. The van der Waals surface area contributed by atoms with Crippen LogP contribution < -0.4 is 10.5 Å². The molecule has 2 aliphatic rings. The average Bonchev–Trinajstić information content (AvgIpc) is 2.86. The summed E-state index contributed by atoms with van der Waals surface area (Å²) in [6.07, 6.45) is 4.25. The van der Waals surface area contributed by atoms with Gasteiger partial charge in [0.2, 0.25) is 10.0 Å². The zero-order valence-electron chi connectivity index (χ0n) is 11.5. The monoisotopic (exact) mass is 295 g/mol. The van der Waals surface area contributed by atoms with Gasteiger partial charge in [0, 0.05) is 17.8 Å². The topological polar surface area (TPSA) is 75.4 Å². The number of hydrogen-bond acceptors (Lipinski definition) is 4. The zero-order chi connectivity index (χ0) is 14.2. The molecular formula is C14H21N3O2S. The van der Waals surface area contributed by atoms with Crippen LogP contribution in [0.3, 0.4) is 0 Å². The minimum absolute atomic E-state index is 0.0527. The first kappa shape index (κ1) is 13.9. The largest absolute Gasteiger partial charge is 0.399 e. The van der Waals surface area contributed by atoms with Gasteiger partial charge in [0.15, 0.2) is 0 Å². The molecule has 0 spiro atoms. The molecule has 0 aliphatic carbocycles. The molecule has 0 aromatic heterocycles. The van der Waals surface area contributed by atoms with Crippen LogP contribution in [0, 0.1) is 0 Å². The SMILES string of the molecule is Nc1ccc(S(=O)(=O)NC2CCN3CCCC3C2)cc1. The van der Waals surface area contributed by atoms with E-state index in [-0.39, 0.29) is 6.04 Å². The highest BCUT2D eigenvalue weighted by atomic mass is 32.2. The Morgan fingerprint density at radius 1 is 1.15 bits per heavy atom. The van der Waals surface area contributed by atoms with Crippen molar-refractivity contribution in [2.45, 2.75) is 42.7 Å². The lowest BCUT2D eigenvalue weighted by molar-refractivity contribution is 0.176. The summed E-state index contributed by atoms with van der Waals surface area (Å²) in [5.41, 5.74) is 6.16. The van der Waals surface area contributed by atoms with Gasteiger partial charge in [0.05, 0.1) is 4.90 Å². The van der Waals surface area contributed by atoms with E-state index in [1.54, 1.807) is 24.3 Å². The molecule has 1 aromatic rings. The maximum absolute atomic E-state index is 12.3. The van der Waals surface area contributed by atoms with E-state index in [9.17, 15) is 8.42 Å². The first-order chi connectivity index (χ1) is 9.54. The smallest absolute Gasteiger partial charge is 0.240 e. The van der Waals surface area contributed by atoms with Crippen molar-refractivity contribution in [1.82, 2.24) is 9.62 Å². The number of nitrogens with zero attached hydrogens (tertiary/aromatic N) is 1. The summed E-state index contributed by atoms with van der Waals surface area (Å²) in [6.45, 7) is 2.17. The van der Waals surface area contributed by atoms with Gasteiger partial charge in [-0.2, -0.15) is 0 Å². The summed E-state index contributed by atoms with van der Waals surface area (Å²) in [6, 6.07) is 6.97. The molecule has 0 bridgehead atoms. The summed E-state index contributed by atoms with van der Waals surface area (Å²) >= 11 is 0. The van der Waals surface area contributed by atoms with Crippen molar-refractivity contribution < 1.29 is 8.42 Å². The Balaban J connectivity index is 1.69. The van der Waals surface area contributed by atoms with E-state index in [2.05, 4.69) is 9.62 Å². The number of benzene rings is 1. The second kappa shape index (κ2) is 5.35. The summed E-state index contributed by atoms with van der Waals surface area (Å²) < 4.78 is 27.5. The van der Waals surface area contributed by atoms with E-state index in [1.807, 2.05) is 0 Å². The zero-order valence-corrected chi connectivity index (χ0v) is 12.3. The fraction of sp³-hybridized carbons (Fsp3) is 0.571. The third-order valence-corrected chi connectivity index (χ3v) is 5.87. The van der Waals surface area contributed by atoms with Crippen LogP contribution in [0.25, 0.3) is 0 Å². The number of anilines is 1. The number of fused-ring (bicyclic) bond motifs is 1. The number of rotatable bonds is 3. The number of nitrogens with one attached hydrogen (secondary N) is 1. The van der Waals surface area contributed by atoms with Crippen LogP contribution in [-0.2, 0) is 10.0 Å². The summed E-state index contributed by atoms with van der Waals surface area (Å²) in [7, 11) is -3.43. The second-order valence-electron chi connectivity index (χ2n) is 5.74. The summed E-state index contributed by atoms with van der Waals surface area (Å²) in [4.78, 5) is 2.77. The van der Waals surface area contributed by atoms with Crippen LogP contribution >= 0.6 is 0 Å². The average molecular weight is 295 g/mol. The third-order valence-electron chi connectivity index (χ3n) is 4.33. The number of piperidine rings is 1. The lowest BCUT2D eigenvalue weighted by Gasteiger charge is -2.34. The van der Waals surface area contributed by atoms with Crippen molar-refractivity contribution in [3.8, 4) is 0 Å². The minimum atomic E-state index is -3.43. The fourth-order valence-electron chi connectivity index (χ4n) is 3.27. The Hall–Kier alpha value is -1.11.